The molecule has 2 rings (SSSR count). The molecule has 0 aliphatic heterocycles. The Hall–Kier alpha value is -1.84. The Morgan fingerprint density at radius 3 is 2.08 bits per heavy atom. The lowest BCUT2D eigenvalue weighted by Crippen LogP contribution is -2.48. The van der Waals surface area contributed by atoms with Crippen molar-refractivity contribution in [3.05, 3.63) is 71.8 Å². The Kier molecular flexibility index (Phi) is 7.96. The van der Waals surface area contributed by atoms with E-state index >= 15 is 0 Å². The zero-order valence-electron chi connectivity index (χ0n) is 14.6. The van der Waals surface area contributed by atoms with Gasteiger partial charge in [-0.3, -0.25) is 4.79 Å². The topological polar surface area (TPSA) is 41.1 Å². The van der Waals surface area contributed by atoms with Crippen LogP contribution in [0.3, 0.4) is 0 Å². The Bertz CT molecular complexity index is 616. The van der Waals surface area contributed by atoms with Gasteiger partial charge in [-0.25, -0.2) is 0 Å². The number of rotatable bonds is 7. The molecule has 1 unspecified atom stereocenters. The molecule has 0 aliphatic rings. The molecule has 0 saturated heterocycles. The fourth-order valence-corrected chi connectivity index (χ4v) is 2.68. The van der Waals surface area contributed by atoms with Crippen LogP contribution in [0.5, 0.6) is 0 Å². The summed E-state index contributed by atoms with van der Waals surface area (Å²) in [5.41, 5.74) is 1.89. The molecule has 2 aromatic rings. The van der Waals surface area contributed by atoms with Gasteiger partial charge in [-0.2, -0.15) is 0 Å². The largest absolute Gasteiger partial charge is 0.345 e. The number of carbonyl (C=O) groups excluding carboxylic acids is 1. The molecular weight excluding hydrogens is 320 g/mol. The molecule has 1 atom stereocenters. The maximum atomic E-state index is 12.4. The highest BCUT2D eigenvalue weighted by molar-refractivity contribution is 5.85. The minimum Gasteiger partial charge on any atom is -0.345 e. The SMILES string of the molecule is CC(C)NCC(=O)NC(C)(Cc1ccccc1)c1ccccc1.Cl. The van der Waals surface area contributed by atoms with Crippen LogP contribution in [0.25, 0.3) is 0 Å². The van der Waals surface area contributed by atoms with E-state index in [4.69, 9.17) is 0 Å². The van der Waals surface area contributed by atoms with Gasteiger partial charge in [-0.15, -0.1) is 12.4 Å². The van der Waals surface area contributed by atoms with E-state index in [9.17, 15) is 4.79 Å². The second kappa shape index (κ2) is 9.45. The van der Waals surface area contributed by atoms with Crippen LogP contribution in [0.1, 0.15) is 31.9 Å². The molecule has 1 amide bonds. The first-order valence-electron chi connectivity index (χ1n) is 8.13. The van der Waals surface area contributed by atoms with Gasteiger partial charge < -0.3 is 10.6 Å². The number of amides is 1. The highest BCUT2D eigenvalue weighted by Crippen LogP contribution is 2.25. The van der Waals surface area contributed by atoms with Gasteiger partial charge in [0, 0.05) is 6.04 Å². The standard InChI is InChI=1S/C20H26N2O.ClH/c1-16(2)21-15-19(23)22-20(3,18-12-8-5-9-13-18)14-17-10-6-4-7-11-17;/h4-13,16,21H,14-15H2,1-3H3,(H,22,23);1H. The van der Waals surface area contributed by atoms with Gasteiger partial charge >= 0.3 is 0 Å². The summed E-state index contributed by atoms with van der Waals surface area (Å²) in [4.78, 5) is 12.4. The van der Waals surface area contributed by atoms with Gasteiger partial charge in [-0.1, -0.05) is 74.5 Å². The predicted octanol–water partition coefficient (Wildman–Crippen LogP) is 3.68. The molecule has 2 N–H and O–H groups in total. The summed E-state index contributed by atoms with van der Waals surface area (Å²) in [7, 11) is 0. The molecule has 0 saturated carbocycles. The Labute approximate surface area is 151 Å². The molecule has 2 aromatic carbocycles. The lowest BCUT2D eigenvalue weighted by Gasteiger charge is -2.32. The first kappa shape index (κ1) is 20.2. The van der Waals surface area contributed by atoms with Crippen LogP contribution in [0.15, 0.2) is 60.7 Å². The Morgan fingerprint density at radius 1 is 1.00 bits per heavy atom. The van der Waals surface area contributed by atoms with Crippen molar-refractivity contribution >= 4 is 18.3 Å². The lowest BCUT2D eigenvalue weighted by atomic mass is 9.85. The second-order valence-electron chi connectivity index (χ2n) is 6.44. The third kappa shape index (κ3) is 5.99. The maximum Gasteiger partial charge on any atom is 0.234 e. The summed E-state index contributed by atoms with van der Waals surface area (Å²) in [6.07, 6.45) is 0.755. The van der Waals surface area contributed by atoms with E-state index in [0.29, 0.717) is 6.54 Å². The number of halogens is 1. The molecule has 0 aliphatic carbocycles. The molecule has 0 radical (unpaired) electrons. The first-order chi connectivity index (χ1) is 11.0. The predicted molar refractivity (Wildman–Crippen MR) is 102 cm³/mol. The van der Waals surface area contributed by atoms with Crippen molar-refractivity contribution < 1.29 is 4.79 Å². The van der Waals surface area contributed by atoms with Crippen molar-refractivity contribution in [3.63, 3.8) is 0 Å². The summed E-state index contributed by atoms with van der Waals surface area (Å²) in [5, 5.41) is 6.38. The number of hydrogen-bond acceptors (Lipinski definition) is 2. The highest BCUT2D eigenvalue weighted by Gasteiger charge is 2.28. The van der Waals surface area contributed by atoms with Crippen molar-refractivity contribution in [1.29, 1.82) is 0 Å². The smallest absolute Gasteiger partial charge is 0.234 e. The quantitative estimate of drug-likeness (QED) is 0.803. The fraction of sp³-hybridized carbons (Fsp3) is 0.350. The minimum atomic E-state index is -0.432. The molecule has 4 heteroatoms. The molecule has 24 heavy (non-hydrogen) atoms. The Balaban J connectivity index is 0.00000288. The molecular formula is C20H27ClN2O. The van der Waals surface area contributed by atoms with Crippen LogP contribution in [0.4, 0.5) is 0 Å². The molecule has 3 nitrogen and oxygen atoms in total. The van der Waals surface area contributed by atoms with E-state index < -0.39 is 5.54 Å². The van der Waals surface area contributed by atoms with Crippen molar-refractivity contribution in [3.8, 4) is 0 Å². The normalized spacial score (nSPS) is 13.0. The van der Waals surface area contributed by atoms with Crippen LogP contribution in [0.2, 0.25) is 0 Å². The van der Waals surface area contributed by atoms with E-state index in [1.165, 1.54) is 5.56 Å². The number of nitrogens with one attached hydrogen (secondary N) is 2. The molecule has 0 fully saturated rings. The number of benzene rings is 2. The molecule has 0 heterocycles. The van der Waals surface area contributed by atoms with Crippen molar-refractivity contribution in [2.75, 3.05) is 6.54 Å². The summed E-state index contributed by atoms with van der Waals surface area (Å²) < 4.78 is 0. The average molecular weight is 347 g/mol. The lowest BCUT2D eigenvalue weighted by molar-refractivity contribution is -0.122. The molecule has 0 aromatic heterocycles. The van der Waals surface area contributed by atoms with Crippen molar-refractivity contribution in [1.82, 2.24) is 10.6 Å². The highest BCUT2D eigenvalue weighted by atomic mass is 35.5. The zero-order valence-corrected chi connectivity index (χ0v) is 15.4. The average Bonchev–Trinajstić information content (AvgIpc) is 2.54. The van der Waals surface area contributed by atoms with Gasteiger partial charge in [0.1, 0.15) is 0 Å². The Morgan fingerprint density at radius 2 is 1.54 bits per heavy atom. The van der Waals surface area contributed by atoms with Crippen LogP contribution in [-0.4, -0.2) is 18.5 Å². The van der Waals surface area contributed by atoms with E-state index in [-0.39, 0.29) is 24.4 Å². The van der Waals surface area contributed by atoms with Gasteiger partial charge in [0.2, 0.25) is 5.91 Å². The fourth-order valence-electron chi connectivity index (χ4n) is 2.68. The maximum absolute atomic E-state index is 12.4. The van der Waals surface area contributed by atoms with Crippen molar-refractivity contribution in [2.24, 2.45) is 0 Å². The number of carbonyl (C=O) groups is 1. The third-order valence-corrected chi connectivity index (χ3v) is 3.90. The summed E-state index contributed by atoms with van der Waals surface area (Å²) in [5.74, 6) is 0.0148. The van der Waals surface area contributed by atoms with Crippen LogP contribution >= 0.6 is 12.4 Å². The van der Waals surface area contributed by atoms with Crippen LogP contribution in [-0.2, 0) is 16.8 Å². The summed E-state index contributed by atoms with van der Waals surface area (Å²) in [6.45, 7) is 6.48. The third-order valence-electron chi connectivity index (χ3n) is 3.90. The number of hydrogen-bond donors (Lipinski definition) is 2. The second-order valence-corrected chi connectivity index (χ2v) is 6.44. The first-order valence-corrected chi connectivity index (χ1v) is 8.13. The van der Waals surface area contributed by atoms with Gasteiger partial charge in [0.25, 0.3) is 0 Å². The molecule has 130 valence electrons. The van der Waals surface area contributed by atoms with Crippen molar-refractivity contribution in [2.45, 2.75) is 38.8 Å². The van der Waals surface area contributed by atoms with Crippen LogP contribution in [0, 0.1) is 0 Å². The van der Waals surface area contributed by atoms with Crippen LogP contribution < -0.4 is 10.6 Å². The minimum absolute atomic E-state index is 0. The van der Waals surface area contributed by atoms with Gasteiger partial charge in [-0.05, 0) is 24.5 Å². The summed E-state index contributed by atoms with van der Waals surface area (Å²) in [6, 6.07) is 20.7. The summed E-state index contributed by atoms with van der Waals surface area (Å²) >= 11 is 0. The monoisotopic (exact) mass is 346 g/mol. The van der Waals surface area contributed by atoms with E-state index in [1.54, 1.807) is 0 Å². The molecule has 0 spiro atoms. The zero-order chi connectivity index (χ0) is 16.7. The van der Waals surface area contributed by atoms with Gasteiger partial charge in [0.05, 0.1) is 12.1 Å². The molecule has 0 bridgehead atoms. The van der Waals surface area contributed by atoms with E-state index in [1.807, 2.05) is 50.2 Å². The van der Waals surface area contributed by atoms with E-state index in [2.05, 4.69) is 41.8 Å². The van der Waals surface area contributed by atoms with Gasteiger partial charge in [0.15, 0.2) is 0 Å². The van der Waals surface area contributed by atoms with E-state index in [0.717, 1.165) is 12.0 Å².